The number of nitrogens with zero attached hydrogens (tertiary/aromatic N) is 3. The normalized spacial score (nSPS) is 19.5. The van der Waals surface area contributed by atoms with Crippen LogP contribution in [-0.4, -0.2) is 58.8 Å². The first kappa shape index (κ1) is 31.5. The van der Waals surface area contributed by atoms with Gasteiger partial charge in [-0.3, -0.25) is 14.5 Å². The average Bonchev–Trinajstić information content (AvgIpc) is 3.72. The highest BCUT2D eigenvalue weighted by Crippen LogP contribution is 2.43. The molecule has 1 unspecified atom stereocenters. The Bertz CT molecular complexity index is 1470. The molecule has 9 nitrogen and oxygen atoms in total. The Morgan fingerprint density at radius 1 is 1.09 bits per heavy atom. The minimum atomic E-state index is -0.919. The number of aromatic nitrogens is 1. The molecule has 2 aliphatic rings. The molecule has 44 heavy (non-hydrogen) atoms. The molecule has 5 rings (SSSR count). The van der Waals surface area contributed by atoms with Crippen LogP contribution in [0.1, 0.15) is 74.6 Å². The zero-order valence-electron chi connectivity index (χ0n) is 25.9. The summed E-state index contributed by atoms with van der Waals surface area (Å²) in [5.41, 5.74) is 1.96. The number of hydrogen-bond acceptors (Lipinski definition) is 7. The van der Waals surface area contributed by atoms with E-state index in [2.05, 4.69) is 18.8 Å². The summed E-state index contributed by atoms with van der Waals surface area (Å²) in [6.07, 6.45) is 5.94. The van der Waals surface area contributed by atoms with Crippen LogP contribution in [0.4, 0.5) is 10.1 Å². The molecule has 3 aromatic rings. The van der Waals surface area contributed by atoms with Gasteiger partial charge >= 0.3 is 5.97 Å². The molecular weight excluding hydrogens is 565 g/mol. The average molecular weight is 608 g/mol. The third-order valence-electron chi connectivity index (χ3n) is 8.82. The van der Waals surface area contributed by atoms with E-state index in [1.54, 1.807) is 25.3 Å². The van der Waals surface area contributed by atoms with E-state index in [-0.39, 0.29) is 37.0 Å². The lowest BCUT2D eigenvalue weighted by atomic mass is 9.83. The standard InChI is InChI=1S/C34H42FN3O6/c1-5-7-24(8-6-2)38(25-10-11-27(35)21(3)15-25)32(39)19-37-18-26(23-9-13-29-30(16-23)43-20-42-29)33(34(40)41)28(37)12-14-31-36-17-22(4)44-31/h9-11,13,15-17,24,26,28,33H,5-8,12,14,18-20H2,1-4H3,(H,40,41)/t26-,28+,33?/m1/s1. The third kappa shape index (κ3) is 6.75. The Balaban J connectivity index is 1.48. The molecule has 1 amide bonds. The van der Waals surface area contributed by atoms with Crippen LogP contribution in [-0.2, 0) is 16.0 Å². The summed E-state index contributed by atoms with van der Waals surface area (Å²) in [5.74, 6) is -0.0725. The molecule has 1 N–H and O–H groups in total. The molecule has 0 bridgehead atoms. The molecule has 0 spiro atoms. The summed E-state index contributed by atoms with van der Waals surface area (Å²) in [5, 5.41) is 10.6. The fourth-order valence-electron chi connectivity index (χ4n) is 6.78. The number of carboxylic acids is 1. The smallest absolute Gasteiger partial charge is 0.308 e. The fourth-order valence-corrected chi connectivity index (χ4v) is 6.78. The highest BCUT2D eigenvalue weighted by Gasteiger charge is 2.47. The Hall–Kier alpha value is -3.92. The summed E-state index contributed by atoms with van der Waals surface area (Å²) in [7, 11) is 0. The molecule has 10 heteroatoms. The van der Waals surface area contributed by atoms with Gasteiger partial charge in [-0.25, -0.2) is 9.37 Å². The van der Waals surface area contributed by atoms with Gasteiger partial charge in [-0.1, -0.05) is 32.8 Å². The van der Waals surface area contributed by atoms with Crippen LogP contribution in [0.2, 0.25) is 0 Å². The highest BCUT2D eigenvalue weighted by molar-refractivity contribution is 5.95. The molecular formula is C34H42FN3O6. The summed E-state index contributed by atoms with van der Waals surface area (Å²) in [6.45, 7) is 8.23. The number of amides is 1. The zero-order chi connectivity index (χ0) is 31.4. The maximum absolute atomic E-state index is 14.4. The number of benzene rings is 2. The summed E-state index contributed by atoms with van der Waals surface area (Å²) < 4.78 is 31.1. The van der Waals surface area contributed by atoms with Gasteiger partial charge in [0, 0.05) is 36.7 Å². The van der Waals surface area contributed by atoms with Gasteiger partial charge in [-0.05, 0) is 74.6 Å². The SMILES string of the molecule is CCCC(CCC)N(C(=O)CN1C[C@H](c2ccc3c(c2)OCO3)C(C(=O)O)[C@@H]1CCc1ncc(C)o1)c1ccc(F)c(C)c1. The molecule has 1 aromatic heterocycles. The van der Waals surface area contributed by atoms with Crippen LogP contribution in [0.15, 0.2) is 47.0 Å². The number of ether oxygens (including phenoxy) is 2. The highest BCUT2D eigenvalue weighted by atomic mass is 19.1. The van der Waals surface area contributed by atoms with E-state index >= 15 is 0 Å². The van der Waals surface area contributed by atoms with Crippen LogP contribution in [0.5, 0.6) is 11.5 Å². The van der Waals surface area contributed by atoms with Crippen molar-refractivity contribution in [1.29, 1.82) is 0 Å². The largest absolute Gasteiger partial charge is 0.481 e. The van der Waals surface area contributed by atoms with Crippen molar-refractivity contribution in [2.75, 3.05) is 24.8 Å². The van der Waals surface area contributed by atoms with Crippen molar-refractivity contribution in [3.8, 4) is 11.5 Å². The number of hydrogen-bond donors (Lipinski definition) is 1. The minimum Gasteiger partial charge on any atom is -0.481 e. The van der Waals surface area contributed by atoms with Gasteiger partial charge in [-0.15, -0.1) is 0 Å². The van der Waals surface area contributed by atoms with Crippen LogP contribution < -0.4 is 14.4 Å². The van der Waals surface area contributed by atoms with Crippen molar-refractivity contribution in [3.05, 3.63) is 71.2 Å². The first-order chi connectivity index (χ1) is 21.2. The van der Waals surface area contributed by atoms with Crippen LogP contribution in [0, 0.1) is 25.6 Å². The van der Waals surface area contributed by atoms with Gasteiger partial charge in [-0.2, -0.15) is 0 Å². The predicted octanol–water partition coefficient (Wildman–Crippen LogP) is 6.26. The third-order valence-corrected chi connectivity index (χ3v) is 8.82. The Morgan fingerprint density at radius 3 is 2.50 bits per heavy atom. The van der Waals surface area contributed by atoms with E-state index in [1.807, 2.05) is 34.9 Å². The maximum atomic E-state index is 14.4. The molecule has 0 aliphatic carbocycles. The fraction of sp³-hybridized carbons (Fsp3) is 0.500. The molecule has 236 valence electrons. The first-order valence-electron chi connectivity index (χ1n) is 15.6. The Labute approximate surface area is 258 Å². The van der Waals surface area contributed by atoms with Gasteiger partial charge in [0.25, 0.3) is 0 Å². The lowest BCUT2D eigenvalue weighted by Crippen LogP contribution is -2.48. The van der Waals surface area contributed by atoms with Crippen molar-refractivity contribution < 1.29 is 33.0 Å². The molecule has 2 aromatic carbocycles. The number of aliphatic carboxylic acids is 1. The number of aryl methyl sites for hydroxylation is 3. The summed E-state index contributed by atoms with van der Waals surface area (Å²) in [4.78, 5) is 35.4. The number of anilines is 1. The lowest BCUT2D eigenvalue weighted by molar-refractivity contribution is -0.143. The summed E-state index contributed by atoms with van der Waals surface area (Å²) in [6, 6.07) is 9.86. The monoisotopic (exact) mass is 607 g/mol. The topological polar surface area (TPSA) is 105 Å². The number of carbonyl (C=O) groups excluding carboxylic acids is 1. The van der Waals surface area contributed by atoms with E-state index in [9.17, 15) is 19.1 Å². The van der Waals surface area contributed by atoms with Crippen molar-refractivity contribution in [2.45, 2.75) is 84.2 Å². The molecule has 1 saturated heterocycles. The number of likely N-dealkylation sites (tertiary alicyclic amines) is 1. The molecule has 3 atom stereocenters. The van der Waals surface area contributed by atoms with Crippen molar-refractivity contribution in [1.82, 2.24) is 9.88 Å². The van der Waals surface area contributed by atoms with Crippen molar-refractivity contribution in [3.63, 3.8) is 0 Å². The Kier molecular flexibility index (Phi) is 9.88. The van der Waals surface area contributed by atoms with Gasteiger partial charge in [0.2, 0.25) is 12.7 Å². The minimum absolute atomic E-state index is 0.0282. The predicted molar refractivity (Wildman–Crippen MR) is 164 cm³/mol. The van der Waals surface area contributed by atoms with Crippen LogP contribution >= 0.6 is 0 Å². The first-order valence-corrected chi connectivity index (χ1v) is 15.6. The zero-order valence-corrected chi connectivity index (χ0v) is 25.9. The molecule has 0 radical (unpaired) electrons. The Morgan fingerprint density at radius 2 is 1.84 bits per heavy atom. The molecule has 0 saturated carbocycles. The van der Waals surface area contributed by atoms with Crippen molar-refractivity contribution >= 4 is 17.6 Å². The number of fused-ring (bicyclic) bond motifs is 1. The number of oxazole rings is 1. The van der Waals surface area contributed by atoms with E-state index in [4.69, 9.17) is 13.9 Å². The molecule has 3 heterocycles. The van der Waals surface area contributed by atoms with E-state index in [0.29, 0.717) is 53.8 Å². The maximum Gasteiger partial charge on any atom is 0.308 e. The van der Waals surface area contributed by atoms with Gasteiger partial charge in [0.15, 0.2) is 17.4 Å². The second kappa shape index (κ2) is 13.8. The van der Waals surface area contributed by atoms with Gasteiger partial charge < -0.3 is 23.9 Å². The summed E-state index contributed by atoms with van der Waals surface area (Å²) >= 11 is 0. The second-order valence-corrected chi connectivity index (χ2v) is 11.9. The van der Waals surface area contributed by atoms with Crippen molar-refractivity contribution in [2.24, 2.45) is 5.92 Å². The number of carbonyl (C=O) groups is 2. The number of halogens is 1. The lowest BCUT2D eigenvalue weighted by Gasteiger charge is -2.35. The molecule has 1 fully saturated rings. The van der Waals surface area contributed by atoms with E-state index in [0.717, 1.165) is 31.2 Å². The van der Waals surface area contributed by atoms with Gasteiger partial charge in [0.05, 0.1) is 18.7 Å². The second-order valence-electron chi connectivity index (χ2n) is 11.9. The number of carboxylic acid groups (broad SMARTS) is 1. The number of rotatable bonds is 13. The van der Waals surface area contributed by atoms with Crippen LogP contribution in [0.3, 0.4) is 0 Å². The van der Waals surface area contributed by atoms with Crippen LogP contribution in [0.25, 0.3) is 0 Å². The molecule has 2 aliphatic heterocycles. The van der Waals surface area contributed by atoms with E-state index in [1.165, 1.54) is 6.07 Å². The quantitative estimate of drug-likeness (QED) is 0.243. The van der Waals surface area contributed by atoms with E-state index < -0.39 is 17.9 Å². The van der Waals surface area contributed by atoms with Gasteiger partial charge in [0.1, 0.15) is 11.6 Å².